The minimum absolute atomic E-state index is 0.0992. The average molecular weight is 346 g/mol. The second-order valence-electron chi connectivity index (χ2n) is 5.78. The van der Waals surface area contributed by atoms with Crippen LogP contribution in [0.3, 0.4) is 0 Å². The van der Waals surface area contributed by atoms with E-state index in [1.165, 1.54) is 18.4 Å². The lowest BCUT2D eigenvalue weighted by molar-refractivity contribution is 0.0701. The summed E-state index contributed by atoms with van der Waals surface area (Å²) in [5.74, 6) is -0.245. The predicted molar refractivity (Wildman–Crippen MR) is 96.3 cm³/mol. The molecule has 0 aliphatic carbocycles. The molecule has 0 amide bonds. The summed E-state index contributed by atoms with van der Waals surface area (Å²) in [6, 6.07) is 17.4. The second kappa shape index (κ2) is 6.37. The Kier molecular flexibility index (Phi) is 3.89. The van der Waals surface area contributed by atoms with Crippen LogP contribution in [-0.2, 0) is 0 Å². The number of benzene rings is 2. The predicted octanol–water partition coefficient (Wildman–Crippen LogP) is 4.58. The molecular formula is C21H14O5. The summed E-state index contributed by atoms with van der Waals surface area (Å²) in [5.41, 5.74) is 2.06. The SMILES string of the molecule is Cc1c(-c2ccccc2)c(=O)oc2cc(OC(=O)c3ccco3)ccc12. The molecule has 5 heteroatoms. The number of carbonyl (C=O) groups excluding carboxylic acids is 1. The molecule has 0 fully saturated rings. The maximum atomic E-state index is 12.5. The van der Waals surface area contributed by atoms with E-state index in [-0.39, 0.29) is 11.5 Å². The van der Waals surface area contributed by atoms with Gasteiger partial charge in [0.1, 0.15) is 11.3 Å². The van der Waals surface area contributed by atoms with Crippen LogP contribution in [-0.4, -0.2) is 5.97 Å². The smallest absolute Gasteiger partial charge is 0.379 e. The number of fused-ring (bicyclic) bond motifs is 1. The molecule has 0 aliphatic heterocycles. The summed E-state index contributed by atoms with van der Waals surface area (Å²) in [6.07, 6.45) is 1.39. The Hall–Kier alpha value is -3.60. The van der Waals surface area contributed by atoms with E-state index in [1.54, 1.807) is 18.2 Å². The number of carbonyl (C=O) groups is 1. The lowest BCUT2D eigenvalue weighted by Gasteiger charge is -2.09. The quantitative estimate of drug-likeness (QED) is 0.308. The Labute approximate surface area is 148 Å². The Balaban J connectivity index is 1.76. The monoisotopic (exact) mass is 346 g/mol. The number of ether oxygens (including phenoxy) is 1. The van der Waals surface area contributed by atoms with Crippen molar-refractivity contribution in [3.8, 4) is 16.9 Å². The highest BCUT2D eigenvalue weighted by atomic mass is 16.5. The van der Waals surface area contributed by atoms with Gasteiger partial charge in [-0.05, 0) is 42.3 Å². The van der Waals surface area contributed by atoms with Crippen molar-refractivity contribution < 1.29 is 18.4 Å². The van der Waals surface area contributed by atoms with Gasteiger partial charge in [0.15, 0.2) is 0 Å². The maximum absolute atomic E-state index is 12.5. The Morgan fingerprint density at radius 1 is 1.00 bits per heavy atom. The highest BCUT2D eigenvalue weighted by molar-refractivity contribution is 5.90. The first-order valence-electron chi connectivity index (χ1n) is 8.02. The molecule has 0 radical (unpaired) electrons. The molecule has 2 aromatic carbocycles. The summed E-state index contributed by atoms with van der Waals surface area (Å²) in [5, 5.41) is 0.779. The van der Waals surface area contributed by atoms with E-state index in [4.69, 9.17) is 13.6 Å². The van der Waals surface area contributed by atoms with E-state index < -0.39 is 11.6 Å². The van der Waals surface area contributed by atoms with Gasteiger partial charge in [-0.15, -0.1) is 0 Å². The summed E-state index contributed by atoms with van der Waals surface area (Å²) in [7, 11) is 0. The number of hydrogen-bond acceptors (Lipinski definition) is 5. The number of aryl methyl sites for hydroxylation is 1. The van der Waals surface area contributed by atoms with E-state index in [1.807, 2.05) is 37.3 Å². The van der Waals surface area contributed by atoms with Gasteiger partial charge < -0.3 is 13.6 Å². The third kappa shape index (κ3) is 2.80. The van der Waals surface area contributed by atoms with Crippen LogP contribution >= 0.6 is 0 Å². The molecule has 0 saturated heterocycles. The van der Waals surface area contributed by atoms with Crippen molar-refractivity contribution in [2.75, 3.05) is 0 Å². The maximum Gasteiger partial charge on any atom is 0.379 e. The Morgan fingerprint density at radius 2 is 1.81 bits per heavy atom. The number of esters is 1. The summed E-state index contributed by atoms with van der Waals surface area (Å²) >= 11 is 0. The molecule has 0 saturated carbocycles. The van der Waals surface area contributed by atoms with Crippen LogP contribution < -0.4 is 10.4 Å². The van der Waals surface area contributed by atoms with Gasteiger partial charge in [-0.25, -0.2) is 9.59 Å². The fraction of sp³-hybridized carbons (Fsp3) is 0.0476. The van der Waals surface area contributed by atoms with Crippen LogP contribution in [0.5, 0.6) is 5.75 Å². The fourth-order valence-corrected chi connectivity index (χ4v) is 2.89. The highest BCUT2D eigenvalue weighted by Gasteiger charge is 2.16. The zero-order valence-electron chi connectivity index (χ0n) is 13.9. The zero-order valence-corrected chi connectivity index (χ0v) is 13.9. The van der Waals surface area contributed by atoms with Gasteiger partial charge in [0.05, 0.1) is 11.8 Å². The Bertz CT molecular complexity index is 1140. The van der Waals surface area contributed by atoms with Gasteiger partial charge in [0.2, 0.25) is 5.76 Å². The molecule has 0 bridgehead atoms. The summed E-state index contributed by atoms with van der Waals surface area (Å²) < 4.78 is 15.7. The molecule has 4 rings (SSSR count). The van der Waals surface area contributed by atoms with Gasteiger partial charge in [-0.2, -0.15) is 0 Å². The van der Waals surface area contributed by atoms with Gasteiger partial charge >= 0.3 is 11.6 Å². The molecule has 26 heavy (non-hydrogen) atoms. The fourth-order valence-electron chi connectivity index (χ4n) is 2.89. The molecule has 2 heterocycles. The van der Waals surface area contributed by atoms with Crippen molar-refractivity contribution in [3.63, 3.8) is 0 Å². The van der Waals surface area contributed by atoms with Gasteiger partial charge in [-0.3, -0.25) is 0 Å². The first-order chi connectivity index (χ1) is 12.6. The van der Waals surface area contributed by atoms with Crippen LogP contribution in [0.15, 0.2) is 80.6 Å². The van der Waals surface area contributed by atoms with E-state index in [2.05, 4.69) is 0 Å². The molecular weight excluding hydrogens is 332 g/mol. The lowest BCUT2D eigenvalue weighted by Crippen LogP contribution is -2.08. The van der Waals surface area contributed by atoms with Gasteiger partial charge in [0.25, 0.3) is 0 Å². The third-order valence-electron chi connectivity index (χ3n) is 4.13. The molecule has 2 aromatic heterocycles. The minimum atomic E-state index is -0.616. The molecule has 128 valence electrons. The summed E-state index contributed by atoms with van der Waals surface area (Å²) in [6.45, 7) is 1.87. The van der Waals surface area contributed by atoms with Crippen LogP contribution in [0.4, 0.5) is 0 Å². The molecule has 4 aromatic rings. The number of furan rings is 1. The topological polar surface area (TPSA) is 69.7 Å². The Morgan fingerprint density at radius 3 is 2.54 bits per heavy atom. The van der Waals surface area contributed by atoms with E-state index >= 15 is 0 Å². The summed E-state index contributed by atoms with van der Waals surface area (Å²) in [4.78, 5) is 24.5. The van der Waals surface area contributed by atoms with Crippen molar-refractivity contribution in [3.05, 3.63) is 88.7 Å². The normalized spacial score (nSPS) is 10.8. The molecule has 5 nitrogen and oxygen atoms in total. The van der Waals surface area contributed by atoms with Crippen LogP contribution in [0, 0.1) is 6.92 Å². The van der Waals surface area contributed by atoms with Crippen molar-refractivity contribution in [2.45, 2.75) is 6.92 Å². The molecule has 0 spiro atoms. The van der Waals surface area contributed by atoms with Crippen molar-refractivity contribution in [2.24, 2.45) is 0 Å². The number of hydrogen-bond donors (Lipinski definition) is 0. The molecule has 0 N–H and O–H groups in total. The molecule has 0 unspecified atom stereocenters. The first kappa shape index (κ1) is 15.9. The van der Waals surface area contributed by atoms with E-state index in [9.17, 15) is 9.59 Å². The van der Waals surface area contributed by atoms with E-state index in [0.717, 1.165) is 16.5 Å². The van der Waals surface area contributed by atoms with Crippen molar-refractivity contribution >= 4 is 16.9 Å². The largest absolute Gasteiger partial charge is 0.457 e. The second-order valence-corrected chi connectivity index (χ2v) is 5.78. The van der Waals surface area contributed by atoms with E-state index in [0.29, 0.717) is 11.1 Å². The van der Waals surface area contributed by atoms with Crippen LogP contribution in [0.25, 0.3) is 22.1 Å². The van der Waals surface area contributed by atoms with Crippen LogP contribution in [0.1, 0.15) is 16.1 Å². The first-order valence-corrected chi connectivity index (χ1v) is 8.02. The molecule has 0 aliphatic rings. The third-order valence-corrected chi connectivity index (χ3v) is 4.13. The van der Waals surface area contributed by atoms with Crippen LogP contribution in [0.2, 0.25) is 0 Å². The van der Waals surface area contributed by atoms with Gasteiger partial charge in [-0.1, -0.05) is 30.3 Å². The number of rotatable bonds is 3. The standard InChI is InChI=1S/C21H14O5/c1-13-16-10-9-15(25-20(22)17-8-5-11-24-17)12-18(16)26-21(23)19(13)14-6-3-2-4-7-14/h2-12H,1H3. The van der Waals surface area contributed by atoms with Gasteiger partial charge in [0, 0.05) is 11.5 Å². The lowest BCUT2D eigenvalue weighted by atomic mass is 10.00. The average Bonchev–Trinajstić information content (AvgIpc) is 3.17. The zero-order chi connectivity index (χ0) is 18.1. The molecule has 0 atom stereocenters. The van der Waals surface area contributed by atoms with Crippen molar-refractivity contribution in [1.29, 1.82) is 0 Å². The highest BCUT2D eigenvalue weighted by Crippen LogP contribution is 2.29. The van der Waals surface area contributed by atoms with Crippen molar-refractivity contribution in [1.82, 2.24) is 0 Å². The minimum Gasteiger partial charge on any atom is -0.457 e.